The molecule has 2 aromatic rings. The van der Waals surface area contributed by atoms with Crippen LogP contribution in [0.1, 0.15) is 42.4 Å². The van der Waals surface area contributed by atoms with E-state index < -0.39 is 0 Å². The average molecular weight is 254 g/mol. The summed E-state index contributed by atoms with van der Waals surface area (Å²) in [5.74, 6) is -0.00314. The zero-order valence-corrected chi connectivity index (χ0v) is 11.6. The molecule has 2 rings (SSSR count). The third-order valence-electron chi connectivity index (χ3n) is 3.03. The standard InChI is InChI=1S/C16H18N2O/c1-16(2,3)13-6-4-12(5-7-13)10-15(19)14-11-17-8-9-18-14/h4-9,11H,10H2,1-3H3. The molecule has 0 N–H and O–H groups in total. The fourth-order valence-corrected chi connectivity index (χ4v) is 1.84. The zero-order chi connectivity index (χ0) is 13.9. The van der Waals surface area contributed by atoms with Gasteiger partial charge in [-0.1, -0.05) is 45.0 Å². The number of aromatic nitrogens is 2. The number of hydrogen-bond acceptors (Lipinski definition) is 3. The van der Waals surface area contributed by atoms with Gasteiger partial charge in [0.2, 0.25) is 0 Å². The minimum Gasteiger partial charge on any atom is -0.292 e. The predicted octanol–water partition coefficient (Wildman–Crippen LogP) is 3.20. The van der Waals surface area contributed by atoms with Crippen molar-refractivity contribution in [3.63, 3.8) is 0 Å². The van der Waals surface area contributed by atoms with E-state index >= 15 is 0 Å². The summed E-state index contributed by atoms with van der Waals surface area (Å²) in [7, 11) is 0. The number of hydrogen-bond donors (Lipinski definition) is 0. The van der Waals surface area contributed by atoms with Gasteiger partial charge in [0.15, 0.2) is 5.78 Å². The van der Waals surface area contributed by atoms with E-state index in [0.717, 1.165) is 5.56 Å². The Labute approximate surface area is 113 Å². The zero-order valence-electron chi connectivity index (χ0n) is 11.6. The number of ketones is 1. The van der Waals surface area contributed by atoms with Crippen molar-refractivity contribution < 1.29 is 4.79 Å². The molecule has 98 valence electrons. The lowest BCUT2D eigenvalue weighted by atomic mass is 9.86. The van der Waals surface area contributed by atoms with E-state index in [4.69, 9.17) is 0 Å². The van der Waals surface area contributed by atoms with Crippen LogP contribution in [0.5, 0.6) is 0 Å². The number of carbonyl (C=O) groups is 1. The van der Waals surface area contributed by atoms with E-state index in [0.29, 0.717) is 12.1 Å². The van der Waals surface area contributed by atoms with Gasteiger partial charge in [0.05, 0.1) is 6.20 Å². The smallest absolute Gasteiger partial charge is 0.187 e. The second kappa shape index (κ2) is 5.31. The molecule has 0 spiro atoms. The normalized spacial score (nSPS) is 11.3. The van der Waals surface area contributed by atoms with Crippen LogP contribution in [-0.2, 0) is 11.8 Å². The van der Waals surface area contributed by atoms with Gasteiger partial charge in [-0.2, -0.15) is 0 Å². The first-order valence-corrected chi connectivity index (χ1v) is 6.35. The van der Waals surface area contributed by atoms with E-state index in [1.54, 1.807) is 6.20 Å². The SMILES string of the molecule is CC(C)(C)c1ccc(CC(=O)c2cnccn2)cc1. The number of benzene rings is 1. The van der Waals surface area contributed by atoms with Crippen LogP contribution in [-0.4, -0.2) is 15.8 Å². The highest BCUT2D eigenvalue weighted by Gasteiger charge is 2.14. The van der Waals surface area contributed by atoms with Crippen LogP contribution >= 0.6 is 0 Å². The third-order valence-corrected chi connectivity index (χ3v) is 3.03. The summed E-state index contributed by atoms with van der Waals surface area (Å²) < 4.78 is 0. The lowest BCUT2D eigenvalue weighted by Gasteiger charge is -2.19. The molecule has 1 aromatic carbocycles. The second-order valence-electron chi connectivity index (χ2n) is 5.64. The molecule has 0 atom stereocenters. The van der Waals surface area contributed by atoms with Gasteiger partial charge in [-0.15, -0.1) is 0 Å². The summed E-state index contributed by atoms with van der Waals surface area (Å²) in [6, 6.07) is 8.18. The topological polar surface area (TPSA) is 42.9 Å². The largest absolute Gasteiger partial charge is 0.292 e. The summed E-state index contributed by atoms with van der Waals surface area (Å²) in [6.45, 7) is 6.52. The fraction of sp³-hybridized carbons (Fsp3) is 0.312. The molecule has 0 aliphatic heterocycles. The van der Waals surface area contributed by atoms with E-state index in [1.807, 2.05) is 12.1 Å². The molecule has 0 saturated heterocycles. The van der Waals surface area contributed by atoms with Crippen molar-refractivity contribution in [3.8, 4) is 0 Å². The van der Waals surface area contributed by atoms with Crippen LogP contribution in [0.25, 0.3) is 0 Å². The van der Waals surface area contributed by atoms with E-state index in [1.165, 1.54) is 18.0 Å². The Balaban J connectivity index is 2.10. The monoisotopic (exact) mass is 254 g/mol. The fourth-order valence-electron chi connectivity index (χ4n) is 1.84. The molecule has 0 aliphatic rings. The highest BCUT2D eigenvalue weighted by atomic mass is 16.1. The number of rotatable bonds is 3. The van der Waals surface area contributed by atoms with Crippen LogP contribution in [0, 0.1) is 0 Å². The number of carbonyl (C=O) groups excluding carboxylic acids is 1. The Hall–Kier alpha value is -2.03. The first kappa shape index (κ1) is 13.4. The summed E-state index contributed by atoms with van der Waals surface area (Å²) in [6.07, 6.45) is 4.97. The Morgan fingerprint density at radius 1 is 1.11 bits per heavy atom. The molecule has 3 nitrogen and oxygen atoms in total. The van der Waals surface area contributed by atoms with Crippen molar-refractivity contribution >= 4 is 5.78 Å². The molecular weight excluding hydrogens is 236 g/mol. The Morgan fingerprint density at radius 3 is 2.32 bits per heavy atom. The van der Waals surface area contributed by atoms with Crippen LogP contribution in [0.2, 0.25) is 0 Å². The van der Waals surface area contributed by atoms with Gasteiger partial charge in [-0.25, -0.2) is 4.98 Å². The Morgan fingerprint density at radius 2 is 1.79 bits per heavy atom. The summed E-state index contributed by atoms with van der Waals surface area (Å²) >= 11 is 0. The first-order valence-electron chi connectivity index (χ1n) is 6.35. The molecule has 0 fully saturated rings. The highest BCUT2D eigenvalue weighted by Crippen LogP contribution is 2.22. The Kier molecular flexibility index (Phi) is 3.74. The molecule has 0 amide bonds. The van der Waals surface area contributed by atoms with Gasteiger partial charge in [0.1, 0.15) is 5.69 Å². The molecule has 0 unspecified atom stereocenters. The summed E-state index contributed by atoms with van der Waals surface area (Å²) in [4.78, 5) is 19.9. The molecule has 19 heavy (non-hydrogen) atoms. The molecule has 1 heterocycles. The predicted molar refractivity (Wildman–Crippen MR) is 75.2 cm³/mol. The van der Waals surface area contributed by atoms with Gasteiger partial charge in [-0.05, 0) is 16.5 Å². The average Bonchev–Trinajstić information content (AvgIpc) is 2.39. The van der Waals surface area contributed by atoms with E-state index in [2.05, 4.69) is 42.9 Å². The Bertz CT molecular complexity index is 554. The van der Waals surface area contributed by atoms with E-state index in [-0.39, 0.29) is 11.2 Å². The van der Waals surface area contributed by atoms with E-state index in [9.17, 15) is 4.79 Å². The van der Waals surface area contributed by atoms with Gasteiger partial charge < -0.3 is 0 Å². The molecule has 0 saturated carbocycles. The highest BCUT2D eigenvalue weighted by molar-refractivity contribution is 5.95. The maximum Gasteiger partial charge on any atom is 0.187 e. The van der Waals surface area contributed by atoms with Gasteiger partial charge in [-0.3, -0.25) is 9.78 Å². The van der Waals surface area contributed by atoms with Crippen LogP contribution < -0.4 is 0 Å². The van der Waals surface area contributed by atoms with Crippen molar-refractivity contribution in [1.29, 1.82) is 0 Å². The lowest BCUT2D eigenvalue weighted by molar-refractivity contribution is 0.0988. The van der Waals surface area contributed by atoms with Crippen molar-refractivity contribution in [2.75, 3.05) is 0 Å². The first-order chi connectivity index (χ1) is 8.97. The molecule has 1 aromatic heterocycles. The molecule has 3 heteroatoms. The summed E-state index contributed by atoms with van der Waals surface area (Å²) in [5, 5.41) is 0. The minimum absolute atomic E-state index is 0.00314. The van der Waals surface area contributed by atoms with Gasteiger partial charge in [0, 0.05) is 18.8 Å². The maximum atomic E-state index is 12.0. The minimum atomic E-state index is -0.00314. The van der Waals surface area contributed by atoms with Crippen molar-refractivity contribution in [2.45, 2.75) is 32.6 Å². The summed E-state index contributed by atoms with van der Waals surface area (Å²) in [5.41, 5.74) is 2.82. The molecular formula is C16H18N2O. The third kappa shape index (κ3) is 3.47. The van der Waals surface area contributed by atoms with Crippen molar-refractivity contribution in [2.24, 2.45) is 0 Å². The molecule has 0 bridgehead atoms. The van der Waals surface area contributed by atoms with Gasteiger partial charge in [0.25, 0.3) is 0 Å². The number of nitrogens with zero attached hydrogens (tertiary/aromatic N) is 2. The number of Topliss-reactive ketones (excluding diaryl/α,β-unsaturated/α-hetero) is 1. The molecule has 0 radical (unpaired) electrons. The second-order valence-corrected chi connectivity index (χ2v) is 5.64. The van der Waals surface area contributed by atoms with Gasteiger partial charge >= 0.3 is 0 Å². The molecule has 0 aliphatic carbocycles. The lowest BCUT2D eigenvalue weighted by Crippen LogP contribution is -2.11. The maximum absolute atomic E-state index is 12.0. The van der Waals surface area contributed by atoms with Crippen LogP contribution in [0.4, 0.5) is 0 Å². The van der Waals surface area contributed by atoms with Crippen LogP contribution in [0.15, 0.2) is 42.9 Å². The van der Waals surface area contributed by atoms with Crippen LogP contribution in [0.3, 0.4) is 0 Å². The van der Waals surface area contributed by atoms with Crippen molar-refractivity contribution in [1.82, 2.24) is 9.97 Å². The quantitative estimate of drug-likeness (QED) is 0.790. The van der Waals surface area contributed by atoms with Crippen molar-refractivity contribution in [3.05, 3.63) is 59.7 Å².